The Kier molecular flexibility index (Phi) is 5.92. The van der Waals surface area contributed by atoms with Crippen LogP contribution in [0.15, 0.2) is 47.5 Å². The molecule has 25 heavy (non-hydrogen) atoms. The van der Waals surface area contributed by atoms with E-state index in [0.717, 1.165) is 12.1 Å². The van der Waals surface area contributed by atoms with E-state index in [9.17, 15) is 4.79 Å². The third kappa shape index (κ3) is 4.74. The lowest BCUT2D eigenvalue weighted by Crippen LogP contribution is -2.42. The van der Waals surface area contributed by atoms with Gasteiger partial charge in [-0.1, -0.05) is 41.6 Å². The van der Waals surface area contributed by atoms with Crippen LogP contribution in [0.25, 0.3) is 11.4 Å². The van der Waals surface area contributed by atoms with Gasteiger partial charge in [0.05, 0.1) is 19.1 Å². The molecule has 1 unspecified atom stereocenters. The van der Waals surface area contributed by atoms with Crippen LogP contribution in [0.5, 0.6) is 0 Å². The molecule has 1 atom stereocenters. The first-order valence-electron chi connectivity index (χ1n) is 8.35. The van der Waals surface area contributed by atoms with Crippen LogP contribution < -0.4 is 5.32 Å². The molecule has 3 rings (SSSR count). The van der Waals surface area contributed by atoms with Crippen molar-refractivity contribution < 1.29 is 14.1 Å². The summed E-state index contributed by atoms with van der Waals surface area (Å²) in [4.78, 5) is 18.6. The maximum atomic E-state index is 12.6. The van der Waals surface area contributed by atoms with E-state index in [0.29, 0.717) is 37.8 Å². The van der Waals surface area contributed by atoms with E-state index in [1.54, 1.807) is 11.0 Å². The Balaban J connectivity index is 1.64. The highest BCUT2D eigenvalue weighted by Crippen LogP contribution is 2.16. The van der Waals surface area contributed by atoms with Crippen LogP contribution in [-0.2, 0) is 16.1 Å². The van der Waals surface area contributed by atoms with Gasteiger partial charge in [-0.3, -0.25) is 4.79 Å². The summed E-state index contributed by atoms with van der Waals surface area (Å²) in [7, 11) is 0. The molecule has 2 aromatic rings. The van der Waals surface area contributed by atoms with Gasteiger partial charge in [0.1, 0.15) is 6.54 Å². The van der Waals surface area contributed by atoms with Gasteiger partial charge in [0, 0.05) is 25.2 Å². The summed E-state index contributed by atoms with van der Waals surface area (Å²) in [5, 5.41) is 7.22. The summed E-state index contributed by atoms with van der Waals surface area (Å²) >= 11 is 0. The molecule has 7 heteroatoms. The van der Waals surface area contributed by atoms with Crippen molar-refractivity contribution in [1.82, 2.24) is 20.4 Å². The van der Waals surface area contributed by atoms with Crippen LogP contribution in [0, 0.1) is 0 Å². The molecule has 1 aromatic heterocycles. The molecular formula is C18H22N4O3. The number of ether oxygens (including phenoxy) is 1. The maximum absolute atomic E-state index is 12.6. The summed E-state index contributed by atoms with van der Waals surface area (Å²) in [6.07, 6.45) is 1.91. The molecule has 1 aliphatic rings. The quantitative estimate of drug-likeness (QED) is 0.771. The monoisotopic (exact) mass is 342 g/mol. The summed E-state index contributed by atoms with van der Waals surface area (Å²) in [5.41, 5.74) is 0.876. The minimum atomic E-state index is -0.101. The van der Waals surface area contributed by atoms with Crippen molar-refractivity contribution in [3.63, 3.8) is 0 Å². The number of amides is 1. The first kappa shape index (κ1) is 17.3. The molecule has 0 spiro atoms. The van der Waals surface area contributed by atoms with Gasteiger partial charge >= 0.3 is 0 Å². The number of aromatic nitrogens is 2. The van der Waals surface area contributed by atoms with Gasteiger partial charge in [0.25, 0.3) is 0 Å². The summed E-state index contributed by atoms with van der Waals surface area (Å²) < 4.78 is 10.9. The Labute approximate surface area is 146 Å². The molecule has 1 N–H and O–H groups in total. The Morgan fingerprint density at radius 3 is 2.96 bits per heavy atom. The number of carbonyl (C=O) groups excluding carboxylic acids is 1. The predicted octanol–water partition coefficient (Wildman–Crippen LogP) is 1.63. The van der Waals surface area contributed by atoms with E-state index in [1.807, 2.05) is 30.3 Å². The number of hydrogen-bond acceptors (Lipinski definition) is 6. The minimum absolute atomic E-state index is 0.0203. The summed E-state index contributed by atoms with van der Waals surface area (Å²) in [5.74, 6) is 0.895. The molecule has 7 nitrogen and oxygen atoms in total. The average molecular weight is 342 g/mol. The van der Waals surface area contributed by atoms with E-state index in [1.165, 1.54) is 0 Å². The molecule has 1 aliphatic heterocycles. The first-order chi connectivity index (χ1) is 12.3. The van der Waals surface area contributed by atoms with Crippen LogP contribution in [0.3, 0.4) is 0 Å². The molecule has 2 heterocycles. The van der Waals surface area contributed by atoms with Crippen LogP contribution in [0.4, 0.5) is 0 Å². The smallest absolute Gasteiger partial charge is 0.246 e. The van der Waals surface area contributed by atoms with Crippen molar-refractivity contribution in [3.05, 3.63) is 48.9 Å². The van der Waals surface area contributed by atoms with Gasteiger partial charge in [0.15, 0.2) is 0 Å². The van der Waals surface area contributed by atoms with E-state index in [4.69, 9.17) is 9.26 Å². The van der Waals surface area contributed by atoms with Crippen molar-refractivity contribution in [2.45, 2.75) is 19.1 Å². The highest BCUT2D eigenvalue weighted by atomic mass is 16.5. The number of nitrogens with one attached hydrogen (secondary N) is 1. The zero-order valence-electron chi connectivity index (χ0n) is 14.1. The predicted molar refractivity (Wildman–Crippen MR) is 92.6 cm³/mol. The fraction of sp³-hybridized carbons (Fsp3) is 0.389. The second-order valence-electron chi connectivity index (χ2n) is 5.84. The van der Waals surface area contributed by atoms with Crippen LogP contribution in [0.1, 0.15) is 12.3 Å². The number of benzene rings is 1. The van der Waals surface area contributed by atoms with Crippen molar-refractivity contribution in [3.8, 4) is 11.4 Å². The average Bonchev–Trinajstić information content (AvgIpc) is 3.11. The van der Waals surface area contributed by atoms with Gasteiger partial charge < -0.3 is 19.5 Å². The van der Waals surface area contributed by atoms with Gasteiger partial charge in [-0.15, -0.1) is 6.58 Å². The Bertz CT molecular complexity index is 695. The molecule has 0 bridgehead atoms. The lowest BCUT2D eigenvalue weighted by atomic mass is 10.2. The molecule has 0 aliphatic carbocycles. The fourth-order valence-corrected chi connectivity index (χ4v) is 2.67. The lowest BCUT2D eigenvalue weighted by Gasteiger charge is -2.26. The fourth-order valence-electron chi connectivity index (χ4n) is 2.67. The molecule has 132 valence electrons. The molecule has 1 saturated heterocycles. The van der Waals surface area contributed by atoms with E-state index >= 15 is 0 Å². The maximum Gasteiger partial charge on any atom is 0.246 e. The number of morpholine rings is 1. The van der Waals surface area contributed by atoms with Crippen LogP contribution >= 0.6 is 0 Å². The molecule has 1 aromatic carbocycles. The minimum Gasteiger partial charge on any atom is -0.375 e. The number of nitrogens with zero attached hydrogens (tertiary/aromatic N) is 3. The normalized spacial score (nSPS) is 17.2. The number of carbonyl (C=O) groups is 1. The summed E-state index contributed by atoms with van der Waals surface area (Å²) in [6.45, 7) is 6.53. The lowest BCUT2D eigenvalue weighted by molar-refractivity contribution is -0.135. The molecule has 1 fully saturated rings. The van der Waals surface area contributed by atoms with Crippen molar-refractivity contribution in [1.29, 1.82) is 0 Å². The highest BCUT2D eigenvalue weighted by Gasteiger charge is 2.22. The second-order valence-corrected chi connectivity index (χ2v) is 5.84. The Morgan fingerprint density at radius 2 is 2.24 bits per heavy atom. The Morgan fingerprint density at radius 1 is 1.40 bits per heavy atom. The van der Waals surface area contributed by atoms with Crippen LogP contribution in [-0.4, -0.2) is 53.3 Å². The number of rotatable bonds is 7. The standard InChI is InChI=1S/C18H22N4O3/c1-2-9-22(17(23)11-15-12-19-8-10-24-15)13-16-20-18(21-25-16)14-6-4-3-5-7-14/h2-7,15,19H,1,8-13H2. The zero-order valence-corrected chi connectivity index (χ0v) is 14.1. The van der Waals surface area contributed by atoms with Crippen molar-refractivity contribution in [2.24, 2.45) is 0 Å². The van der Waals surface area contributed by atoms with Crippen LogP contribution in [0.2, 0.25) is 0 Å². The summed E-state index contributed by atoms with van der Waals surface area (Å²) in [6, 6.07) is 9.58. The first-order valence-corrected chi connectivity index (χ1v) is 8.35. The SMILES string of the molecule is C=CCN(Cc1nc(-c2ccccc2)no1)C(=O)CC1CNCCO1. The van der Waals surface area contributed by atoms with Gasteiger partial charge in [-0.25, -0.2) is 0 Å². The second kappa shape index (κ2) is 8.55. The van der Waals surface area contributed by atoms with Crippen molar-refractivity contribution in [2.75, 3.05) is 26.2 Å². The molecule has 0 radical (unpaired) electrons. The van der Waals surface area contributed by atoms with Gasteiger partial charge in [-0.05, 0) is 0 Å². The van der Waals surface area contributed by atoms with Gasteiger partial charge in [0.2, 0.25) is 17.6 Å². The van der Waals surface area contributed by atoms with E-state index in [2.05, 4.69) is 22.0 Å². The molecular weight excluding hydrogens is 320 g/mol. The zero-order chi connectivity index (χ0) is 17.5. The molecule has 0 saturated carbocycles. The van der Waals surface area contributed by atoms with Crippen molar-refractivity contribution >= 4 is 5.91 Å². The third-order valence-corrected chi connectivity index (χ3v) is 3.94. The molecule has 1 amide bonds. The van der Waals surface area contributed by atoms with Gasteiger partial charge in [-0.2, -0.15) is 4.98 Å². The van der Waals surface area contributed by atoms with E-state index < -0.39 is 0 Å². The topological polar surface area (TPSA) is 80.5 Å². The van der Waals surface area contributed by atoms with E-state index in [-0.39, 0.29) is 18.6 Å². The highest BCUT2D eigenvalue weighted by molar-refractivity contribution is 5.76. The number of hydrogen-bond donors (Lipinski definition) is 1. The largest absolute Gasteiger partial charge is 0.375 e. The third-order valence-electron chi connectivity index (χ3n) is 3.94. The Hall–Kier alpha value is -2.51.